The minimum Gasteiger partial charge on any atom is -0.484 e. The van der Waals surface area contributed by atoms with Crippen molar-refractivity contribution in [2.24, 2.45) is 5.73 Å². The Bertz CT molecular complexity index is 638. The highest BCUT2D eigenvalue weighted by Gasteiger charge is 2.05. The molecule has 0 aliphatic carbocycles. The highest BCUT2D eigenvalue weighted by atomic mass is 16.5. The summed E-state index contributed by atoms with van der Waals surface area (Å²) < 4.78 is 5.50. The van der Waals surface area contributed by atoms with E-state index >= 15 is 0 Å². The van der Waals surface area contributed by atoms with Gasteiger partial charge in [0.05, 0.1) is 0 Å². The standard InChI is InChI=1S/C17H20N2O2/c1-12-6-7-16(8-13(12)2)21-11-17(20)19-15-5-3-4-14(9-15)10-18/h3-9H,10-11,18H2,1-2H3,(H,19,20). The fourth-order valence-corrected chi connectivity index (χ4v) is 1.93. The van der Waals surface area contributed by atoms with Crippen LogP contribution in [0.1, 0.15) is 16.7 Å². The summed E-state index contributed by atoms with van der Waals surface area (Å²) in [4.78, 5) is 11.9. The van der Waals surface area contributed by atoms with Gasteiger partial charge in [0.15, 0.2) is 6.61 Å². The van der Waals surface area contributed by atoms with Crippen LogP contribution in [0.5, 0.6) is 5.75 Å². The van der Waals surface area contributed by atoms with Gasteiger partial charge in [-0.1, -0.05) is 18.2 Å². The van der Waals surface area contributed by atoms with E-state index in [4.69, 9.17) is 10.5 Å². The number of ether oxygens (including phenoxy) is 1. The van der Waals surface area contributed by atoms with E-state index in [2.05, 4.69) is 5.32 Å². The topological polar surface area (TPSA) is 64.3 Å². The number of amides is 1. The van der Waals surface area contributed by atoms with E-state index in [0.717, 1.165) is 16.8 Å². The Morgan fingerprint density at radius 3 is 2.67 bits per heavy atom. The molecule has 0 bridgehead atoms. The van der Waals surface area contributed by atoms with Crippen LogP contribution < -0.4 is 15.8 Å². The lowest BCUT2D eigenvalue weighted by molar-refractivity contribution is -0.118. The number of hydrogen-bond acceptors (Lipinski definition) is 3. The van der Waals surface area contributed by atoms with Gasteiger partial charge in [0, 0.05) is 12.2 Å². The molecule has 3 N–H and O–H groups in total. The van der Waals surface area contributed by atoms with Gasteiger partial charge < -0.3 is 15.8 Å². The number of hydrogen-bond donors (Lipinski definition) is 2. The number of nitrogens with one attached hydrogen (secondary N) is 1. The van der Waals surface area contributed by atoms with E-state index in [1.54, 1.807) is 0 Å². The Hall–Kier alpha value is -2.33. The molecule has 0 spiro atoms. The van der Waals surface area contributed by atoms with E-state index in [9.17, 15) is 4.79 Å². The van der Waals surface area contributed by atoms with Crippen LogP contribution in [0.2, 0.25) is 0 Å². The van der Waals surface area contributed by atoms with Crippen molar-refractivity contribution in [2.75, 3.05) is 11.9 Å². The summed E-state index contributed by atoms with van der Waals surface area (Å²) in [6.45, 7) is 4.48. The molecule has 0 saturated carbocycles. The van der Waals surface area contributed by atoms with Crippen molar-refractivity contribution >= 4 is 11.6 Å². The zero-order valence-corrected chi connectivity index (χ0v) is 12.3. The third-order valence-electron chi connectivity index (χ3n) is 3.29. The van der Waals surface area contributed by atoms with Gasteiger partial charge in [-0.05, 0) is 54.8 Å². The van der Waals surface area contributed by atoms with Crippen molar-refractivity contribution in [3.05, 3.63) is 59.2 Å². The van der Waals surface area contributed by atoms with Crippen molar-refractivity contribution < 1.29 is 9.53 Å². The van der Waals surface area contributed by atoms with Gasteiger partial charge in [0.25, 0.3) is 5.91 Å². The molecule has 0 unspecified atom stereocenters. The smallest absolute Gasteiger partial charge is 0.262 e. The average Bonchev–Trinajstić information content (AvgIpc) is 2.48. The van der Waals surface area contributed by atoms with E-state index in [1.807, 2.05) is 56.3 Å². The van der Waals surface area contributed by atoms with Gasteiger partial charge in [0.1, 0.15) is 5.75 Å². The van der Waals surface area contributed by atoms with Gasteiger partial charge in [-0.2, -0.15) is 0 Å². The maximum absolute atomic E-state index is 11.9. The summed E-state index contributed by atoms with van der Waals surface area (Å²) in [5.74, 6) is 0.506. The molecule has 2 rings (SSSR count). The first-order valence-corrected chi connectivity index (χ1v) is 6.87. The maximum atomic E-state index is 11.9. The number of rotatable bonds is 5. The largest absolute Gasteiger partial charge is 0.484 e. The van der Waals surface area contributed by atoms with Crippen molar-refractivity contribution in [1.82, 2.24) is 0 Å². The third-order valence-corrected chi connectivity index (χ3v) is 3.29. The SMILES string of the molecule is Cc1ccc(OCC(=O)Nc2cccc(CN)c2)cc1C. The second kappa shape index (κ2) is 6.90. The summed E-state index contributed by atoms with van der Waals surface area (Å²) in [7, 11) is 0. The molecule has 110 valence electrons. The lowest BCUT2D eigenvalue weighted by atomic mass is 10.1. The summed E-state index contributed by atoms with van der Waals surface area (Å²) in [6, 6.07) is 13.2. The summed E-state index contributed by atoms with van der Waals surface area (Å²) in [6.07, 6.45) is 0. The molecule has 0 atom stereocenters. The average molecular weight is 284 g/mol. The monoisotopic (exact) mass is 284 g/mol. The Kier molecular flexibility index (Phi) is 4.95. The van der Waals surface area contributed by atoms with Gasteiger partial charge in [-0.3, -0.25) is 4.79 Å². The van der Waals surface area contributed by atoms with E-state index in [0.29, 0.717) is 12.3 Å². The lowest BCUT2D eigenvalue weighted by Crippen LogP contribution is -2.20. The third kappa shape index (κ3) is 4.33. The molecular formula is C17H20N2O2. The maximum Gasteiger partial charge on any atom is 0.262 e. The molecule has 1 amide bonds. The molecule has 0 aliphatic heterocycles. The number of carbonyl (C=O) groups excluding carboxylic acids is 1. The first kappa shape index (κ1) is 15.1. The van der Waals surface area contributed by atoms with Gasteiger partial charge in [-0.15, -0.1) is 0 Å². The second-order valence-electron chi connectivity index (χ2n) is 4.99. The normalized spacial score (nSPS) is 10.2. The Balaban J connectivity index is 1.90. The molecule has 0 aliphatic rings. The number of carbonyl (C=O) groups is 1. The number of nitrogens with two attached hydrogens (primary N) is 1. The summed E-state index contributed by atoms with van der Waals surface area (Å²) >= 11 is 0. The first-order valence-electron chi connectivity index (χ1n) is 6.87. The summed E-state index contributed by atoms with van der Waals surface area (Å²) in [5.41, 5.74) is 9.62. The minimum absolute atomic E-state index is 0.0185. The molecule has 2 aromatic rings. The van der Waals surface area contributed by atoms with Crippen LogP contribution in [0, 0.1) is 13.8 Å². The van der Waals surface area contributed by atoms with Crippen LogP contribution in [0.25, 0.3) is 0 Å². The number of benzene rings is 2. The van der Waals surface area contributed by atoms with Crippen molar-refractivity contribution in [3.63, 3.8) is 0 Å². The number of aryl methyl sites for hydroxylation is 2. The Morgan fingerprint density at radius 1 is 1.14 bits per heavy atom. The van der Waals surface area contributed by atoms with Crippen LogP contribution in [0.15, 0.2) is 42.5 Å². The predicted molar refractivity (Wildman–Crippen MR) is 84.4 cm³/mol. The highest BCUT2D eigenvalue weighted by molar-refractivity contribution is 5.91. The molecule has 2 aromatic carbocycles. The molecule has 0 saturated heterocycles. The highest BCUT2D eigenvalue weighted by Crippen LogP contribution is 2.16. The molecule has 0 radical (unpaired) electrons. The van der Waals surface area contributed by atoms with Crippen molar-refractivity contribution in [1.29, 1.82) is 0 Å². The van der Waals surface area contributed by atoms with Crippen LogP contribution in [0.3, 0.4) is 0 Å². The van der Waals surface area contributed by atoms with Crippen LogP contribution in [0.4, 0.5) is 5.69 Å². The van der Waals surface area contributed by atoms with Crippen molar-refractivity contribution in [2.45, 2.75) is 20.4 Å². The molecule has 0 heterocycles. The lowest BCUT2D eigenvalue weighted by Gasteiger charge is -2.09. The Labute approximate surface area is 124 Å². The van der Waals surface area contributed by atoms with Crippen LogP contribution >= 0.6 is 0 Å². The Morgan fingerprint density at radius 2 is 1.95 bits per heavy atom. The molecule has 4 heteroatoms. The van der Waals surface area contributed by atoms with Gasteiger partial charge in [-0.25, -0.2) is 0 Å². The van der Waals surface area contributed by atoms with E-state index in [1.165, 1.54) is 5.56 Å². The molecule has 4 nitrogen and oxygen atoms in total. The molecule has 0 fully saturated rings. The number of anilines is 1. The molecule has 21 heavy (non-hydrogen) atoms. The quantitative estimate of drug-likeness (QED) is 0.887. The fourth-order valence-electron chi connectivity index (χ4n) is 1.93. The second-order valence-corrected chi connectivity index (χ2v) is 4.99. The molecular weight excluding hydrogens is 264 g/mol. The predicted octanol–water partition coefficient (Wildman–Crippen LogP) is 2.78. The van der Waals surface area contributed by atoms with Gasteiger partial charge in [0.2, 0.25) is 0 Å². The van der Waals surface area contributed by atoms with Gasteiger partial charge >= 0.3 is 0 Å². The van der Waals surface area contributed by atoms with Crippen molar-refractivity contribution in [3.8, 4) is 5.75 Å². The zero-order chi connectivity index (χ0) is 15.2. The van der Waals surface area contributed by atoms with Crippen LogP contribution in [-0.4, -0.2) is 12.5 Å². The first-order chi connectivity index (χ1) is 10.1. The fraction of sp³-hybridized carbons (Fsp3) is 0.235. The minimum atomic E-state index is -0.192. The zero-order valence-electron chi connectivity index (χ0n) is 12.3. The van der Waals surface area contributed by atoms with E-state index in [-0.39, 0.29) is 12.5 Å². The van der Waals surface area contributed by atoms with Crippen LogP contribution in [-0.2, 0) is 11.3 Å². The summed E-state index contributed by atoms with van der Waals surface area (Å²) in [5, 5.41) is 2.79. The molecule has 0 aromatic heterocycles. The van der Waals surface area contributed by atoms with E-state index < -0.39 is 0 Å².